The molecule has 0 spiro atoms. The maximum Gasteiger partial charge on any atom is 0.131 e. The van der Waals surface area contributed by atoms with Crippen LogP contribution in [-0.4, -0.2) is 14.5 Å². The van der Waals surface area contributed by atoms with E-state index in [2.05, 4.69) is 24.9 Å². The highest BCUT2D eigenvalue weighted by molar-refractivity contribution is 5.96. The topological polar surface area (TPSA) is 56.7 Å². The molecule has 0 unspecified atom stereocenters. The van der Waals surface area contributed by atoms with Crippen molar-refractivity contribution in [2.45, 2.75) is 19.8 Å². The van der Waals surface area contributed by atoms with Gasteiger partial charge < -0.3 is 10.3 Å². The zero-order chi connectivity index (χ0) is 14.3. The summed E-state index contributed by atoms with van der Waals surface area (Å²) in [6.45, 7) is 4.24. The van der Waals surface area contributed by atoms with E-state index in [1.807, 2.05) is 42.2 Å². The number of pyridine rings is 1. The molecule has 0 bridgehead atoms. The van der Waals surface area contributed by atoms with Crippen LogP contribution < -0.4 is 5.73 Å². The van der Waals surface area contributed by atoms with Gasteiger partial charge in [-0.2, -0.15) is 0 Å². The number of nitrogens with zero attached hydrogens (tertiary/aromatic N) is 3. The Kier molecular flexibility index (Phi) is 2.93. The van der Waals surface area contributed by atoms with E-state index in [0.717, 1.165) is 27.9 Å². The number of nitrogens with two attached hydrogens (primary N) is 1. The standard InChI is InChI=1S/C16H18N4/c1-10(2)16-19-14(15(17)20(16)3)13-9-18-8-11-6-4-5-7-12(11)13/h4-10H,17H2,1-3H3. The first kappa shape index (κ1) is 12.7. The Balaban J connectivity index is 2.29. The van der Waals surface area contributed by atoms with Gasteiger partial charge in [-0.3, -0.25) is 4.98 Å². The lowest BCUT2D eigenvalue weighted by Crippen LogP contribution is -2.02. The van der Waals surface area contributed by atoms with Gasteiger partial charge in [-0.1, -0.05) is 38.1 Å². The third kappa shape index (κ3) is 1.84. The molecule has 20 heavy (non-hydrogen) atoms. The largest absolute Gasteiger partial charge is 0.383 e. The zero-order valence-corrected chi connectivity index (χ0v) is 12.0. The molecule has 0 aliphatic heterocycles. The monoisotopic (exact) mass is 266 g/mol. The first-order valence-corrected chi connectivity index (χ1v) is 6.74. The van der Waals surface area contributed by atoms with Crippen LogP contribution in [-0.2, 0) is 7.05 Å². The fourth-order valence-electron chi connectivity index (χ4n) is 2.55. The second-order valence-corrected chi connectivity index (χ2v) is 5.33. The fourth-order valence-corrected chi connectivity index (χ4v) is 2.55. The van der Waals surface area contributed by atoms with Crippen molar-refractivity contribution in [3.05, 3.63) is 42.5 Å². The van der Waals surface area contributed by atoms with Crippen molar-refractivity contribution in [3.63, 3.8) is 0 Å². The number of rotatable bonds is 2. The summed E-state index contributed by atoms with van der Waals surface area (Å²) in [6.07, 6.45) is 3.70. The van der Waals surface area contributed by atoms with Crippen molar-refractivity contribution >= 4 is 16.6 Å². The third-order valence-electron chi connectivity index (χ3n) is 3.61. The van der Waals surface area contributed by atoms with E-state index in [0.29, 0.717) is 11.7 Å². The van der Waals surface area contributed by atoms with Crippen LogP contribution in [0.4, 0.5) is 5.82 Å². The average molecular weight is 266 g/mol. The fraction of sp³-hybridized carbons (Fsp3) is 0.250. The number of benzene rings is 1. The summed E-state index contributed by atoms with van der Waals surface area (Å²) in [6, 6.07) is 8.16. The van der Waals surface area contributed by atoms with Crippen molar-refractivity contribution in [3.8, 4) is 11.3 Å². The van der Waals surface area contributed by atoms with E-state index in [9.17, 15) is 0 Å². The molecule has 2 N–H and O–H groups in total. The molecule has 3 rings (SSSR count). The van der Waals surface area contributed by atoms with Gasteiger partial charge >= 0.3 is 0 Å². The Labute approximate surface area is 118 Å². The minimum absolute atomic E-state index is 0.332. The highest BCUT2D eigenvalue weighted by Crippen LogP contribution is 2.32. The molecule has 0 radical (unpaired) electrons. The highest BCUT2D eigenvalue weighted by Gasteiger charge is 2.17. The van der Waals surface area contributed by atoms with Crippen LogP contribution in [0.5, 0.6) is 0 Å². The molecule has 0 atom stereocenters. The van der Waals surface area contributed by atoms with Gasteiger partial charge in [0.1, 0.15) is 17.3 Å². The van der Waals surface area contributed by atoms with Crippen LogP contribution >= 0.6 is 0 Å². The quantitative estimate of drug-likeness (QED) is 0.774. The van der Waals surface area contributed by atoms with Crippen molar-refractivity contribution in [2.24, 2.45) is 7.05 Å². The first-order chi connectivity index (χ1) is 9.59. The Bertz CT molecular complexity index is 766. The Morgan fingerprint density at radius 3 is 2.60 bits per heavy atom. The molecule has 0 saturated heterocycles. The summed E-state index contributed by atoms with van der Waals surface area (Å²) in [5.74, 6) is 2.01. The molecule has 0 amide bonds. The summed E-state index contributed by atoms with van der Waals surface area (Å²) < 4.78 is 1.96. The molecule has 0 fully saturated rings. The molecule has 0 aliphatic carbocycles. The van der Waals surface area contributed by atoms with E-state index in [1.165, 1.54) is 0 Å². The average Bonchev–Trinajstić information content (AvgIpc) is 2.75. The first-order valence-electron chi connectivity index (χ1n) is 6.74. The van der Waals surface area contributed by atoms with E-state index in [1.54, 1.807) is 0 Å². The van der Waals surface area contributed by atoms with Gasteiger partial charge in [-0.05, 0) is 5.39 Å². The maximum absolute atomic E-state index is 6.24. The molecule has 3 aromatic rings. The van der Waals surface area contributed by atoms with Crippen LogP contribution in [0.15, 0.2) is 36.7 Å². The van der Waals surface area contributed by atoms with Gasteiger partial charge in [0.05, 0.1) is 0 Å². The van der Waals surface area contributed by atoms with Gasteiger partial charge in [0.15, 0.2) is 0 Å². The number of anilines is 1. The predicted molar refractivity (Wildman–Crippen MR) is 82.4 cm³/mol. The zero-order valence-electron chi connectivity index (χ0n) is 12.0. The van der Waals surface area contributed by atoms with E-state index in [-0.39, 0.29) is 0 Å². The lowest BCUT2D eigenvalue weighted by Gasteiger charge is -2.05. The summed E-state index contributed by atoms with van der Waals surface area (Å²) >= 11 is 0. The number of nitrogen functional groups attached to an aromatic ring is 1. The second-order valence-electron chi connectivity index (χ2n) is 5.33. The minimum atomic E-state index is 0.332. The molecular weight excluding hydrogens is 248 g/mol. The molecule has 4 nitrogen and oxygen atoms in total. The molecular formula is C16H18N4. The van der Waals surface area contributed by atoms with Crippen molar-refractivity contribution in [1.82, 2.24) is 14.5 Å². The lowest BCUT2D eigenvalue weighted by atomic mass is 10.1. The lowest BCUT2D eigenvalue weighted by molar-refractivity contribution is 0.715. The van der Waals surface area contributed by atoms with Crippen LogP contribution in [0, 0.1) is 0 Å². The molecule has 4 heteroatoms. The Hall–Kier alpha value is -2.36. The summed E-state index contributed by atoms with van der Waals surface area (Å²) in [4.78, 5) is 9.04. The number of imidazole rings is 1. The van der Waals surface area contributed by atoms with Gasteiger partial charge in [0.25, 0.3) is 0 Å². The van der Waals surface area contributed by atoms with Gasteiger partial charge in [-0.25, -0.2) is 4.98 Å². The van der Waals surface area contributed by atoms with Crippen molar-refractivity contribution < 1.29 is 0 Å². The number of aromatic nitrogens is 3. The van der Waals surface area contributed by atoms with Gasteiger partial charge in [0.2, 0.25) is 0 Å². The maximum atomic E-state index is 6.24. The summed E-state index contributed by atoms with van der Waals surface area (Å²) in [7, 11) is 1.96. The summed E-state index contributed by atoms with van der Waals surface area (Å²) in [5, 5.41) is 2.23. The molecule has 0 aliphatic rings. The van der Waals surface area contributed by atoms with Crippen molar-refractivity contribution in [1.29, 1.82) is 0 Å². The molecule has 1 aromatic carbocycles. The van der Waals surface area contributed by atoms with E-state index in [4.69, 9.17) is 10.7 Å². The minimum Gasteiger partial charge on any atom is -0.383 e. The van der Waals surface area contributed by atoms with Gasteiger partial charge in [0, 0.05) is 36.3 Å². The normalized spacial score (nSPS) is 11.4. The van der Waals surface area contributed by atoms with Crippen LogP contribution in [0.1, 0.15) is 25.6 Å². The van der Waals surface area contributed by atoms with Crippen LogP contribution in [0.2, 0.25) is 0 Å². The predicted octanol–water partition coefficient (Wildman–Crippen LogP) is 3.34. The SMILES string of the molecule is CC(C)c1nc(-c2cncc3ccccc23)c(N)n1C. The molecule has 0 saturated carbocycles. The molecule has 2 heterocycles. The van der Waals surface area contributed by atoms with Crippen LogP contribution in [0.25, 0.3) is 22.0 Å². The van der Waals surface area contributed by atoms with Crippen molar-refractivity contribution in [2.75, 3.05) is 5.73 Å². The third-order valence-corrected chi connectivity index (χ3v) is 3.61. The smallest absolute Gasteiger partial charge is 0.131 e. The molecule has 2 aromatic heterocycles. The second kappa shape index (κ2) is 4.63. The Morgan fingerprint density at radius 1 is 1.15 bits per heavy atom. The molecule has 102 valence electrons. The van der Waals surface area contributed by atoms with E-state index < -0.39 is 0 Å². The van der Waals surface area contributed by atoms with Crippen LogP contribution in [0.3, 0.4) is 0 Å². The number of hydrogen-bond donors (Lipinski definition) is 1. The Morgan fingerprint density at radius 2 is 1.90 bits per heavy atom. The highest BCUT2D eigenvalue weighted by atomic mass is 15.1. The van der Waals surface area contributed by atoms with Gasteiger partial charge in [-0.15, -0.1) is 0 Å². The number of fused-ring (bicyclic) bond motifs is 1. The summed E-state index contributed by atoms with van der Waals surface area (Å²) in [5.41, 5.74) is 8.05. The number of hydrogen-bond acceptors (Lipinski definition) is 3. The van der Waals surface area contributed by atoms with E-state index >= 15 is 0 Å².